The zero-order valence-corrected chi connectivity index (χ0v) is 9.36. The lowest BCUT2D eigenvalue weighted by Gasteiger charge is -2.10. The summed E-state index contributed by atoms with van der Waals surface area (Å²) in [5, 5.41) is 0. The van der Waals surface area contributed by atoms with Gasteiger partial charge in [0.2, 0.25) is 0 Å². The van der Waals surface area contributed by atoms with Crippen molar-refractivity contribution in [2.45, 2.75) is 33.1 Å². The van der Waals surface area contributed by atoms with Crippen molar-refractivity contribution in [2.75, 3.05) is 6.61 Å². The average Bonchev–Trinajstić information content (AvgIpc) is 2.21. The zero-order valence-electron chi connectivity index (χ0n) is 9.36. The van der Waals surface area contributed by atoms with Crippen LogP contribution < -0.4 is 4.74 Å². The van der Waals surface area contributed by atoms with E-state index in [1.54, 1.807) is 6.20 Å². The minimum atomic E-state index is 0.266. The van der Waals surface area contributed by atoms with E-state index < -0.39 is 0 Å². The van der Waals surface area contributed by atoms with E-state index in [1.807, 2.05) is 20.8 Å². The minimum absolute atomic E-state index is 0.266. The lowest BCUT2D eigenvalue weighted by molar-refractivity contribution is -0.107. The van der Waals surface area contributed by atoms with Crippen molar-refractivity contribution in [3.8, 4) is 6.01 Å². The molecule has 0 aliphatic heterocycles. The van der Waals surface area contributed by atoms with Gasteiger partial charge in [0.15, 0.2) is 0 Å². The van der Waals surface area contributed by atoms with Gasteiger partial charge in [0.05, 0.1) is 12.3 Å². The van der Waals surface area contributed by atoms with Gasteiger partial charge >= 0.3 is 6.01 Å². The molecule has 0 amide bonds. The number of aldehydes is 1. The fourth-order valence-corrected chi connectivity index (χ4v) is 1.35. The SMILES string of the molecule is CCOc1ncc(CC=O)c(C(C)C)n1. The molecule has 1 aromatic heterocycles. The summed E-state index contributed by atoms with van der Waals surface area (Å²) >= 11 is 0. The zero-order chi connectivity index (χ0) is 11.3. The predicted molar refractivity (Wildman–Crippen MR) is 57.1 cm³/mol. The van der Waals surface area contributed by atoms with E-state index in [-0.39, 0.29) is 5.92 Å². The molecule has 82 valence electrons. The topological polar surface area (TPSA) is 52.1 Å². The Morgan fingerprint density at radius 1 is 1.53 bits per heavy atom. The fourth-order valence-electron chi connectivity index (χ4n) is 1.35. The number of nitrogens with zero attached hydrogens (tertiary/aromatic N) is 2. The maximum Gasteiger partial charge on any atom is 0.316 e. The van der Waals surface area contributed by atoms with Crippen LogP contribution in [-0.4, -0.2) is 22.9 Å². The molecule has 0 fully saturated rings. The summed E-state index contributed by atoms with van der Waals surface area (Å²) in [5.41, 5.74) is 1.77. The molecule has 1 heterocycles. The standard InChI is InChI=1S/C11H16N2O2/c1-4-15-11-12-7-9(5-6-14)10(13-11)8(2)3/h6-8H,4-5H2,1-3H3. The summed E-state index contributed by atoms with van der Waals surface area (Å²) in [4.78, 5) is 18.8. The monoisotopic (exact) mass is 208 g/mol. The normalized spacial score (nSPS) is 10.4. The highest BCUT2D eigenvalue weighted by atomic mass is 16.5. The van der Waals surface area contributed by atoms with E-state index in [4.69, 9.17) is 4.74 Å². The van der Waals surface area contributed by atoms with Crippen molar-refractivity contribution in [1.82, 2.24) is 9.97 Å². The molecule has 0 atom stereocenters. The summed E-state index contributed by atoms with van der Waals surface area (Å²) in [6.07, 6.45) is 2.90. The van der Waals surface area contributed by atoms with Crippen molar-refractivity contribution in [1.29, 1.82) is 0 Å². The number of ether oxygens (including phenoxy) is 1. The minimum Gasteiger partial charge on any atom is -0.464 e. The Bertz CT molecular complexity index is 337. The largest absolute Gasteiger partial charge is 0.464 e. The van der Waals surface area contributed by atoms with Crippen molar-refractivity contribution in [3.05, 3.63) is 17.5 Å². The third-order valence-corrected chi connectivity index (χ3v) is 2.00. The first-order valence-corrected chi connectivity index (χ1v) is 5.11. The molecular weight excluding hydrogens is 192 g/mol. The molecule has 0 bridgehead atoms. The van der Waals surface area contributed by atoms with Gasteiger partial charge in [-0.2, -0.15) is 4.98 Å². The van der Waals surface area contributed by atoms with Gasteiger partial charge in [0, 0.05) is 12.6 Å². The van der Waals surface area contributed by atoms with Crippen LogP contribution >= 0.6 is 0 Å². The Morgan fingerprint density at radius 3 is 2.80 bits per heavy atom. The number of hydrogen-bond donors (Lipinski definition) is 0. The molecule has 0 spiro atoms. The molecule has 0 radical (unpaired) electrons. The lowest BCUT2D eigenvalue weighted by atomic mass is 10.0. The highest BCUT2D eigenvalue weighted by Gasteiger charge is 2.10. The molecule has 0 aromatic carbocycles. The summed E-state index contributed by atoms with van der Waals surface area (Å²) in [6, 6.07) is 0.385. The van der Waals surface area contributed by atoms with Gasteiger partial charge in [-0.1, -0.05) is 13.8 Å². The van der Waals surface area contributed by atoms with Crippen LogP contribution in [0.4, 0.5) is 0 Å². The number of rotatable bonds is 5. The molecule has 0 unspecified atom stereocenters. The Kier molecular flexibility index (Phi) is 4.21. The second-order valence-electron chi connectivity index (χ2n) is 3.52. The summed E-state index contributed by atoms with van der Waals surface area (Å²) in [6.45, 7) is 6.50. The number of carbonyl (C=O) groups excluding carboxylic acids is 1. The molecule has 4 heteroatoms. The van der Waals surface area contributed by atoms with Gasteiger partial charge in [0.25, 0.3) is 0 Å². The van der Waals surface area contributed by atoms with E-state index in [2.05, 4.69) is 9.97 Å². The summed E-state index contributed by atoms with van der Waals surface area (Å²) < 4.78 is 5.22. The average molecular weight is 208 g/mol. The Morgan fingerprint density at radius 2 is 2.27 bits per heavy atom. The maximum atomic E-state index is 10.5. The molecule has 4 nitrogen and oxygen atoms in total. The van der Waals surface area contributed by atoms with Crippen LogP contribution in [0, 0.1) is 0 Å². The maximum absolute atomic E-state index is 10.5. The molecule has 1 aromatic rings. The quantitative estimate of drug-likeness (QED) is 0.691. The van der Waals surface area contributed by atoms with E-state index in [1.165, 1.54) is 0 Å². The molecule has 1 rings (SSSR count). The van der Waals surface area contributed by atoms with E-state index >= 15 is 0 Å². The number of hydrogen-bond acceptors (Lipinski definition) is 4. The highest BCUT2D eigenvalue weighted by molar-refractivity contribution is 5.55. The van der Waals surface area contributed by atoms with Gasteiger partial charge in [0.1, 0.15) is 6.29 Å². The van der Waals surface area contributed by atoms with Crippen LogP contribution in [0.5, 0.6) is 6.01 Å². The Labute approximate surface area is 89.7 Å². The Hall–Kier alpha value is -1.45. The van der Waals surface area contributed by atoms with Crippen LogP contribution in [0.15, 0.2) is 6.20 Å². The molecule has 0 saturated heterocycles. The molecule has 0 N–H and O–H groups in total. The van der Waals surface area contributed by atoms with Gasteiger partial charge in [-0.3, -0.25) is 0 Å². The third-order valence-electron chi connectivity index (χ3n) is 2.00. The van der Waals surface area contributed by atoms with E-state index in [0.29, 0.717) is 19.0 Å². The van der Waals surface area contributed by atoms with Crippen LogP contribution in [0.25, 0.3) is 0 Å². The predicted octanol–water partition coefficient (Wildman–Crippen LogP) is 1.74. The van der Waals surface area contributed by atoms with Crippen molar-refractivity contribution >= 4 is 6.29 Å². The molecule has 0 aliphatic carbocycles. The summed E-state index contributed by atoms with van der Waals surface area (Å²) in [5.74, 6) is 0.266. The first-order valence-electron chi connectivity index (χ1n) is 5.11. The van der Waals surface area contributed by atoms with Crippen LogP contribution in [0.1, 0.15) is 37.9 Å². The second kappa shape index (κ2) is 5.44. The van der Waals surface area contributed by atoms with Crippen molar-refractivity contribution < 1.29 is 9.53 Å². The van der Waals surface area contributed by atoms with Gasteiger partial charge in [-0.05, 0) is 18.4 Å². The number of carbonyl (C=O) groups is 1. The van der Waals surface area contributed by atoms with Crippen molar-refractivity contribution in [2.24, 2.45) is 0 Å². The lowest BCUT2D eigenvalue weighted by Crippen LogP contribution is -2.06. The molecule has 15 heavy (non-hydrogen) atoms. The first kappa shape index (κ1) is 11.6. The summed E-state index contributed by atoms with van der Waals surface area (Å²) in [7, 11) is 0. The van der Waals surface area contributed by atoms with Gasteiger partial charge in [-0.15, -0.1) is 0 Å². The van der Waals surface area contributed by atoms with Crippen LogP contribution in [0.2, 0.25) is 0 Å². The first-order chi connectivity index (χ1) is 7.19. The molecule has 0 aliphatic rings. The van der Waals surface area contributed by atoms with Crippen LogP contribution in [-0.2, 0) is 11.2 Å². The van der Waals surface area contributed by atoms with Gasteiger partial charge < -0.3 is 9.53 Å². The molecular formula is C11H16N2O2. The van der Waals surface area contributed by atoms with Crippen molar-refractivity contribution in [3.63, 3.8) is 0 Å². The van der Waals surface area contributed by atoms with E-state index in [9.17, 15) is 4.79 Å². The smallest absolute Gasteiger partial charge is 0.316 e. The van der Waals surface area contributed by atoms with E-state index in [0.717, 1.165) is 17.5 Å². The van der Waals surface area contributed by atoms with Gasteiger partial charge in [-0.25, -0.2) is 4.98 Å². The third kappa shape index (κ3) is 3.01. The highest BCUT2D eigenvalue weighted by Crippen LogP contribution is 2.18. The molecule has 0 saturated carbocycles. The number of aromatic nitrogens is 2. The second-order valence-corrected chi connectivity index (χ2v) is 3.52. The van der Waals surface area contributed by atoms with Crippen LogP contribution in [0.3, 0.4) is 0 Å². The Balaban J connectivity index is 3.02. The fraction of sp³-hybridized carbons (Fsp3) is 0.545.